The smallest absolute Gasteiger partial charge is 0.387 e. The Morgan fingerprint density at radius 1 is 1.39 bits per heavy atom. The van der Waals surface area contributed by atoms with Gasteiger partial charge in [0.15, 0.2) is 0 Å². The third-order valence-electron chi connectivity index (χ3n) is 2.24. The number of pyridine rings is 1. The maximum atomic E-state index is 12.1. The summed E-state index contributed by atoms with van der Waals surface area (Å²) in [5, 5.41) is 0.719. The molecule has 0 bridgehead atoms. The Bertz CT molecular complexity index is 621. The molecule has 7 heteroatoms. The van der Waals surface area contributed by atoms with Crippen molar-refractivity contribution in [2.45, 2.75) is 6.61 Å². The first-order chi connectivity index (χ1) is 8.47. The molecule has 0 aliphatic heterocycles. The van der Waals surface area contributed by atoms with E-state index in [1.54, 1.807) is 6.07 Å². The van der Waals surface area contributed by atoms with Crippen molar-refractivity contribution in [3.05, 3.63) is 35.0 Å². The third-order valence-corrected chi connectivity index (χ3v) is 2.77. The quantitative estimate of drug-likeness (QED) is 0.882. The molecule has 0 amide bonds. The van der Waals surface area contributed by atoms with Crippen molar-refractivity contribution < 1.29 is 13.5 Å². The molecule has 2 rings (SSSR count). The summed E-state index contributed by atoms with van der Waals surface area (Å²) in [4.78, 5) is 4.26. The Hall–Kier alpha value is -1.53. The SMILES string of the molecule is NC(=S)c1cnc2cc(OC(F)F)c(Cl)cc2c1. The number of aromatic nitrogens is 1. The maximum absolute atomic E-state index is 12.1. The molecule has 0 saturated heterocycles. The molecule has 1 aromatic heterocycles. The Labute approximate surface area is 112 Å². The minimum absolute atomic E-state index is 0.0738. The zero-order valence-electron chi connectivity index (χ0n) is 8.86. The van der Waals surface area contributed by atoms with Gasteiger partial charge in [-0.05, 0) is 12.1 Å². The van der Waals surface area contributed by atoms with E-state index in [9.17, 15) is 8.78 Å². The lowest BCUT2D eigenvalue weighted by Gasteiger charge is -2.08. The Morgan fingerprint density at radius 2 is 2.11 bits per heavy atom. The summed E-state index contributed by atoms with van der Waals surface area (Å²) in [6.45, 7) is -2.93. The molecule has 0 spiro atoms. The van der Waals surface area contributed by atoms with Gasteiger partial charge in [0.2, 0.25) is 0 Å². The number of halogens is 3. The number of ether oxygens (including phenoxy) is 1. The monoisotopic (exact) mass is 288 g/mol. The average Bonchev–Trinajstić information content (AvgIpc) is 2.28. The molecule has 2 aromatic rings. The van der Waals surface area contributed by atoms with Gasteiger partial charge < -0.3 is 10.5 Å². The van der Waals surface area contributed by atoms with Gasteiger partial charge in [0.1, 0.15) is 10.7 Å². The molecule has 0 saturated carbocycles. The van der Waals surface area contributed by atoms with Crippen molar-refractivity contribution in [1.29, 1.82) is 0 Å². The van der Waals surface area contributed by atoms with E-state index in [1.807, 2.05) is 0 Å². The van der Waals surface area contributed by atoms with Crippen LogP contribution in [-0.4, -0.2) is 16.6 Å². The van der Waals surface area contributed by atoms with Gasteiger partial charge in [0.05, 0.1) is 10.5 Å². The van der Waals surface area contributed by atoms with E-state index >= 15 is 0 Å². The first kappa shape index (κ1) is 12.9. The van der Waals surface area contributed by atoms with Crippen molar-refractivity contribution in [2.75, 3.05) is 0 Å². The molecule has 2 N–H and O–H groups in total. The van der Waals surface area contributed by atoms with E-state index in [0.29, 0.717) is 16.5 Å². The van der Waals surface area contributed by atoms with E-state index in [2.05, 4.69) is 9.72 Å². The fraction of sp³-hybridized carbons (Fsp3) is 0.0909. The fourth-order valence-electron chi connectivity index (χ4n) is 1.45. The third kappa shape index (κ3) is 2.65. The molecule has 18 heavy (non-hydrogen) atoms. The van der Waals surface area contributed by atoms with Gasteiger partial charge >= 0.3 is 6.61 Å². The van der Waals surface area contributed by atoms with Crippen molar-refractivity contribution in [3.63, 3.8) is 0 Å². The summed E-state index contributed by atoms with van der Waals surface area (Å²) in [6.07, 6.45) is 1.46. The highest BCUT2D eigenvalue weighted by molar-refractivity contribution is 7.80. The lowest BCUT2D eigenvalue weighted by atomic mass is 10.1. The van der Waals surface area contributed by atoms with Gasteiger partial charge in [-0.25, -0.2) is 0 Å². The van der Waals surface area contributed by atoms with E-state index < -0.39 is 6.61 Å². The minimum atomic E-state index is -2.93. The van der Waals surface area contributed by atoms with Gasteiger partial charge in [-0.3, -0.25) is 4.98 Å². The van der Waals surface area contributed by atoms with Crippen LogP contribution in [0.3, 0.4) is 0 Å². The summed E-state index contributed by atoms with van der Waals surface area (Å²) in [6, 6.07) is 4.50. The van der Waals surface area contributed by atoms with Crippen LogP contribution < -0.4 is 10.5 Å². The van der Waals surface area contributed by atoms with Crippen LogP contribution in [0.25, 0.3) is 10.9 Å². The zero-order chi connectivity index (χ0) is 13.3. The molecule has 0 unspecified atom stereocenters. The number of hydrogen-bond acceptors (Lipinski definition) is 3. The van der Waals surface area contributed by atoms with Crippen LogP contribution in [0.4, 0.5) is 8.78 Å². The first-order valence-corrected chi connectivity index (χ1v) is 5.60. The molecule has 3 nitrogen and oxygen atoms in total. The Morgan fingerprint density at radius 3 is 2.72 bits per heavy atom. The zero-order valence-corrected chi connectivity index (χ0v) is 10.4. The number of benzene rings is 1. The lowest BCUT2D eigenvalue weighted by molar-refractivity contribution is -0.0496. The van der Waals surface area contributed by atoms with Crippen LogP contribution in [0.2, 0.25) is 5.02 Å². The number of alkyl halides is 2. The lowest BCUT2D eigenvalue weighted by Crippen LogP contribution is -2.09. The van der Waals surface area contributed by atoms with E-state index in [-0.39, 0.29) is 15.8 Å². The van der Waals surface area contributed by atoms with Crippen LogP contribution in [0.15, 0.2) is 24.4 Å². The van der Waals surface area contributed by atoms with Gasteiger partial charge in [-0.1, -0.05) is 23.8 Å². The summed E-state index contributed by atoms with van der Waals surface area (Å²) < 4.78 is 28.5. The molecule has 0 aliphatic carbocycles. The van der Waals surface area contributed by atoms with E-state index in [1.165, 1.54) is 18.3 Å². The fourth-order valence-corrected chi connectivity index (χ4v) is 1.78. The standard InChI is InChI=1S/C11H7ClF2N2OS/c12-7-2-5-1-6(10(15)18)4-16-8(5)3-9(7)17-11(13)14/h1-4,11H,(H2,15,18). The van der Waals surface area contributed by atoms with Crippen LogP contribution >= 0.6 is 23.8 Å². The highest BCUT2D eigenvalue weighted by Crippen LogP contribution is 2.30. The second-order valence-electron chi connectivity index (χ2n) is 3.44. The molecule has 1 heterocycles. The molecule has 0 atom stereocenters. The number of rotatable bonds is 3. The Kier molecular flexibility index (Phi) is 3.58. The van der Waals surface area contributed by atoms with Crippen LogP contribution in [0.5, 0.6) is 5.75 Å². The number of nitrogens with zero attached hydrogens (tertiary/aromatic N) is 1. The summed E-state index contributed by atoms with van der Waals surface area (Å²) >= 11 is 10.7. The number of hydrogen-bond donors (Lipinski definition) is 1. The summed E-state index contributed by atoms with van der Waals surface area (Å²) in [5.74, 6) is -0.116. The molecule has 0 aliphatic rings. The van der Waals surface area contributed by atoms with Crippen LogP contribution in [-0.2, 0) is 0 Å². The molecule has 1 aromatic carbocycles. The van der Waals surface area contributed by atoms with Gasteiger partial charge in [0.25, 0.3) is 0 Å². The molecule has 0 fully saturated rings. The van der Waals surface area contributed by atoms with E-state index in [0.717, 1.165) is 0 Å². The normalized spacial score (nSPS) is 10.9. The highest BCUT2D eigenvalue weighted by atomic mass is 35.5. The molecule has 0 radical (unpaired) electrons. The van der Waals surface area contributed by atoms with Gasteiger partial charge in [-0.15, -0.1) is 0 Å². The Balaban J connectivity index is 2.53. The molecular weight excluding hydrogens is 282 g/mol. The van der Waals surface area contributed by atoms with Gasteiger partial charge in [-0.2, -0.15) is 8.78 Å². The number of thiocarbonyl (C=S) groups is 1. The minimum Gasteiger partial charge on any atom is -0.433 e. The van der Waals surface area contributed by atoms with E-state index in [4.69, 9.17) is 29.6 Å². The van der Waals surface area contributed by atoms with Crippen molar-refractivity contribution in [1.82, 2.24) is 4.98 Å². The highest BCUT2D eigenvalue weighted by Gasteiger charge is 2.11. The largest absolute Gasteiger partial charge is 0.433 e. The number of nitrogens with two attached hydrogens (primary N) is 1. The number of fused-ring (bicyclic) bond motifs is 1. The predicted octanol–water partition coefficient (Wildman–Crippen LogP) is 3.12. The second-order valence-corrected chi connectivity index (χ2v) is 4.29. The van der Waals surface area contributed by atoms with Crippen molar-refractivity contribution in [3.8, 4) is 5.75 Å². The predicted molar refractivity (Wildman–Crippen MR) is 69.3 cm³/mol. The van der Waals surface area contributed by atoms with Crippen LogP contribution in [0.1, 0.15) is 5.56 Å². The average molecular weight is 289 g/mol. The van der Waals surface area contributed by atoms with Crippen molar-refractivity contribution >= 4 is 39.7 Å². The van der Waals surface area contributed by atoms with Gasteiger partial charge in [0, 0.05) is 23.2 Å². The second kappa shape index (κ2) is 4.99. The molecular formula is C11H7ClF2N2OS. The summed E-state index contributed by atoms with van der Waals surface area (Å²) in [7, 11) is 0. The molecule has 94 valence electrons. The van der Waals surface area contributed by atoms with Crippen LogP contribution in [0, 0.1) is 0 Å². The van der Waals surface area contributed by atoms with Crippen molar-refractivity contribution in [2.24, 2.45) is 5.73 Å². The maximum Gasteiger partial charge on any atom is 0.387 e. The first-order valence-electron chi connectivity index (χ1n) is 4.81. The summed E-state index contributed by atoms with van der Waals surface area (Å²) in [5.41, 5.74) is 6.52. The topological polar surface area (TPSA) is 48.1 Å².